The van der Waals surface area contributed by atoms with Gasteiger partial charge in [0.15, 0.2) is 17.2 Å². The smallest absolute Gasteiger partial charge is 0.249 e. The Hall–Kier alpha value is -3.00. The van der Waals surface area contributed by atoms with Gasteiger partial charge in [0.05, 0.1) is 12.2 Å². The van der Waals surface area contributed by atoms with Crippen molar-refractivity contribution in [1.29, 1.82) is 0 Å². The van der Waals surface area contributed by atoms with Crippen molar-refractivity contribution in [2.45, 2.75) is 25.6 Å². The zero-order chi connectivity index (χ0) is 25.6. The normalized spacial score (nSPS) is 13.0. The van der Waals surface area contributed by atoms with Gasteiger partial charge >= 0.3 is 0 Å². The van der Waals surface area contributed by atoms with E-state index in [2.05, 4.69) is 5.32 Å². The minimum absolute atomic E-state index is 0.0267. The Labute approximate surface area is 209 Å². The van der Waals surface area contributed by atoms with Crippen LogP contribution in [0.25, 0.3) is 11.1 Å². The van der Waals surface area contributed by atoms with Crippen molar-refractivity contribution < 1.29 is 23.0 Å². The summed E-state index contributed by atoms with van der Waals surface area (Å²) in [5.41, 5.74) is 4.15. The Kier molecular flexibility index (Phi) is 8.83. The van der Waals surface area contributed by atoms with Crippen LogP contribution in [0.15, 0.2) is 60.7 Å². The topological polar surface area (TPSA) is 73.6 Å². The molecule has 1 unspecified atom stereocenters. The SMILES string of the molecule is COCCOc1ccc(C(N)=O)c(-c2cc(C(F)(CNC(C)C)c3ccccc3)ccc2Cl)c1F. The van der Waals surface area contributed by atoms with Gasteiger partial charge in [0.1, 0.15) is 6.61 Å². The van der Waals surface area contributed by atoms with Gasteiger partial charge in [0.2, 0.25) is 5.91 Å². The molecule has 0 spiro atoms. The van der Waals surface area contributed by atoms with Crippen LogP contribution in [0.1, 0.15) is 35.3 Å². The van der Waals surface area contributed by atoms with Crippen LogP contribution >= 0.6 is 11.6 Å². The van der Waals surface area contributed by atoms with Gasteiger partial charge in [-0.05, 0) is 35.4 Å². The molecule has 0 aliphatic carbocycles. The van der Waals surface area contributed by atoms with Crippen molar-refractivity contribution in [1.82, 2.24) is 5.32 Å². The minimum Gasteiger partial charge on any atom is -0.488 e. The van der Waals surface area contributed by atoms with E-state index < -0.39 is 17.4 Å². The van der Waals surface area contributed by atoms with Crippen molar-refractivity contribution in [3.8, 4) is 16.9 Å². The molecule has 0 saturated heterocycles. The Balaban J connectivity index is 2.20. The van der Waals surface area contributed by atoms with Gasteiger partial charge < -0.3 is 20.5 Å². The van der Waals surface area contributed by atoms with Crippen molar-refractivity contribution >= 4 is 17.5 Å². The molecule has 0 fully saturated rings. The quantitative estimate of drug-likeness (QED) is 0.340. The molecule has 3 aromatic carbocycles. The summed E-state index contributed by atoms with van der Waals surface area (Å²) in [6.07, 6.45) is 0. The molecular formula is C27H29ClF2N2O3. The molecule has 0 aliphatic heterocycles. The molecule has 186 valence electrons. The van der Waals surface area contributed by atoms with E-state index in [0.29, 0.717) is 5.56 Å². The third kappa shape index (κ3) is 5.99. The maximum Gasteiger partial charge on any atom is 0.249 e. The lowest BCUT2D eigenvalue weighted by atomic mass is 9.85. The molecule has 3 rings (SSSR count). The fraction of sp³-hybridized carbons (Fsp3) is 0.296. The number of halogens is 3. The lowest BCUT2D eigenvalue weighted by Gasteiger charge is -2.29. The van der Waals surface area contributed by atoms with E-state index in [9.17, 15) is 4.79 Å². The lowest BCUT2D eigenvalue weighted by Crippen LogP contribution is -2.38. The second-order valence-corrected chi connectivity index (χ2v) is 8.81. The van der Waals surface area contributed by atoms with Crippen LogP contribution in [-0.2, 0) is 10.4 Å². The van der Waals surface area contributed by atoms with Crippen molar-refractivity contribution in [2.24, 2.45) is 5.73 Å². The highest BCUT2D eigenvalue weighted by Crippen LogP contribution is 2.41. The summed E-state index contributed by atoms with van der Waals surface area (Å²) >= 11 is 6.46. The van der Waals surface area contributed by atoms with Gasteiger partial charge in [0.25, 0.3) is 0 Å². The summed E-state index contributed by atoms with van der Waals surface area (Å²) < 4.78 is 42.8. The molecular weight excluding hydrogens is 474 g/mol. The number of carbonyl (C=O) groups excluding carboxylic acids is 1. The first-order valence-electron chi connectivity index (χ1n) is 11.2. The largest absolute Gasteiger partial charge is 0.488 e. The first-order chi connectivity index (χ1) is 16.7. The highest BCUT2D eigenvalue weighted by atomic mass is 35.5. The predicted molar refractivity (Wildman–Crippen MR) is 134 cm³/mol. The number of ether oxygens (including phenoxy) is 2. The second-order valence-electron chi connectivity index (χ2n) is 8.40. The molecule has 0 heterocycles. The molecule has 0 saturated carbocycles. The van der Waals surface area contributed by atoms with Crippen LogP contribution < -0.4 is 15.8 Å². The number of methoxy groups -OCH3 is 1. The number of amides is 1. The number of primary amides is 1. The maximum atomic E-state index is 16.8. The standard InChI is InChI=1S/C27H29ClF2N2O3/c1-17(2)32-16-27(30,18-7-5-4-6-8-18)19-9-11-22(28)21(15-19)24-20(26(31)33)10-12-23(25(24)29)35-14-13-34-3/h4-12,15,17,32H,13-14,16H2,1-3H3,(H2,31,33). The first kappa shape index (κ1) is 26.6. The molecule has 5 nitrogen and oxygen atoms in total. The third-order valence-electron chi connectivity index (χ3n) is 5.60. The number of rotatable bonds is 11. The van der Waals surface area contributed by atoms with E-state index in [1.54, 1.807) is 36.4 Å². The Morgan fingerprint density at radius 3 is 2.43 bits per heavy atom. The van der Waals surface area contributed by atoms with Crippen molar-refractivity contribution in [3.63, 3.8) is 0 Å². The van der Waals surface area contributed by atoms with Gasteiger partial charge in [-0.15, -0.1) is 0 Å². The van der Waals surface area contributed by atoms with Gasteiger partial charge in [-0.1, -0.05) is 61.8 Å². The van der Waals surface area contributed by atoms with Gasteiger partial charge in [-0.25, -0.2) is 8.78 Å². The number of hydrogen-bond acceptors (Lipinski definition) is 4. The van der Waals surface area contributed by atoms with E-state index in [1.165, 1.54) is 31.4 Å². The second kappa shape index (κ2) is 11.6. The Morgan fingerprint density at radius 2 is 1.80 bits per heavy atom. The fourth-order valence-corrected chi connectivity index (χ4v) is 3.97. The number of carbonyl (C=O) groups is 1. The molecule has 8 heteroatoms. The zero-order valence-electron chi connectivity index (χ0n) is 19.9. The van der Waals surface area contributed by atoms with E-state index in [-0.39, 0.29) is 58.8 Å². The molecule has 1 amide bonds. The van der Waals surface area contributed by atoms with Crippen molar-refractivity contribution in [3.05, 3.63) is 88.2 Å². The first-order valence-corrected chi connectivity index (χ1v) is 11.6. The van der Waals surface area contributed by atoms with Crippen LogP contribution in [-0.4, -0.2) is 38.8 Å². The predicted octanol–water partition coefficient (Wildman–Crippen LogP) is 5.48. The number of alkyl halides is 1. The maximum absolute atomic E-state index is 16.8. The zero-order valence-corrected chi connectivity index (χ0v) is 20.7. The highest BCUT2D eigenvalue weighted by Gasteiger charge is 2.35. The van der Waals surface area contributed by atoms with Crippen LogP contribution in [0.2, 0.25) is 5.02 Å². The highest BCUT2D eigenvalue weighted by molar-refractivity contribution is 6.33. The molecule has 0 aliphatic rings. The number of nitrogens with one attached hydrogen (secondary N) is 1. The Bertz CT molecular complexity index is 1170. The molecule has 0 aromatic heterocycles. The summed E-state index contributed by atoms with van der Waals surface area (Å²) in [6, 6.07) is 15.9. The van der Waals surface area contributed by atoms with E-state index in [4.69, 9.17) is 26.8 Å². The molecule has 3 N–H and O–H groups in total. The number of benzene rings is 3. The number of hydrogen-bond donors (Lipinski definition) is 2. The Morgan fingerprint density at radius 1 is 1.09 bits per heavy atom. The average Bonchev–Trinajstić information content (AvgIpc) is 2.84. The number of nitrogens with two attached hydrogens (primary N) is 1. The summed E-state index contributed by atoms with van der Waals surface area (Å²) in [5, 5.41) is 3.28. The molecule has 3 aromatic rings. The van der Waals surface area contributed by atoms with E-state index in [1.807, 2.05) is 13.8 Å². The van der Waals surface area contributed by atoms with Gasteiger partial charge in [-0.3, -0.25) is 4.79 Å². The third-order valence-corrected chi connectivity index (χ3v) is 5.93. The summed E-state index contributed by atoms with van der Waals surface area (Å²) in [4.78, 5) is 12.2. The molecule has 35 heavy (non-hydrogen) atoms. The lowest BCUT2D eigenvalue weighted by molar-refractivity contribution is 0.1000. The minimum atomic E-state index is -1.96. The van der Waals surface area contributed by atoms with Gasteiger partial charge in [0, 0.05) is 35.8 Å². The molecule has 1 atom stereocenters. The summed E-state index contributed by atoms with van der Waals surface area (Å²) in [6.45, 7) is 4.15. The summed E-state index contributed by atoms with van der Waals surface area (Å²) in [5.74, 6) is -1.76. The molecule has 0 radical (unpaired) electrons. The van der Waals surface area contributed by atoms with Gasteiger partial charge in [-0.2, -0.15) is 0 Å². The van der Waals surface area contributed by atoms with Crippen LogP contribution in [0.5, 0.6) is 5.75 Å². The monoisotopic (exact) mass is 502 g/mol. The van der Waals surface area contributed by atoms with Crippen LogP contribution in [0.3, 0.4) is 0 Å². The average molecular weight is 503 g/mol. The molecule has 0 bridgehead atoms. The van der Waals surface area contributed by atoms with Crippen LogP contribution in [0.4, 0.5) is 8.78 Å². The van der Waals surface area contributed by atoms with Crippen LogP contribution in [0, 0.1) is 5.82 Å². The fourth-order valence-electron chi connectivity index (χ4n) is 3.75. The van der Waals surface area contributed by atoms with E-state index >= 15 is 8.78 Å². The van der Waals surface area contributed by atoms with E-state index in [0.717, 1.165) is 0 Å². The van der Waals surface area contributed by atoms with Crippen molar-refractivity contribution in [2.75, 3.05) is 26.9 Å². The summed E-state index contributed by atoms with van der Waals surface area (Å²) in [7, 11) is 1.50.